The van der Waals surface area contributed by atoms with Gasteiger partial charge in [0.15, 0.2) is 0 Å². The highest BCUT2D eigenvalue weighted by molar-refractivity contribution is 5.47. The number of nitrogens with two attached hydrogens (primary N) is 1. The standard InChI is InChI=1S/C12H15N5O2/c1-9-7-11(17(18)19)4-5-12(9)16-8-10(14-15-16)3-2-6-13/h4-5,7-8H,2-3,6,13H2,1H3. The van der Waals surface area contributed by atoms with Gasteiger partial charge in [0.05, 0.1) is 22.5 Å². The van der Waals surface area contributed by atoms with Crippen LogP contribution in [0.5, 0.6) is 0 Å². The summed E-state index contributed by atoms with van der Waals surface area (Å²) in [5, 5.41) is 18.8. The molecule has 0 atom stereocenters. The Kier molecular flexibility index (Phi) is 3.86. The molecule has 0 saturated heterocycles. The van der Waals surface area contributed by atoms with Gasteiger partial charge in [0.2, 0.25) is 0 Å². The molecule has 2 N–H and O–H groups in total. The quantitative estimate of drug-likeness (QED) is 0.647. The number of rotatable bonds is 5. The second-order valence-corrected chi connectivity index (χ2v) is 4.27. The minimum Gasteiger partial charge on any atom is -0.330 e. The van der Waals surface area contributed by atoms with Crippen LogP contribution in [0.15, 0.2) is 24.4 Å². The van der Waals surface area contributed by atoms with Crippen molar-refractivity contribution >= 4 is 5.69 Å². The van der Waals surface area contributed by atoms with Gasteiger partial charge < -0.3 is 5.73 Å². The summed E-state index contributed by atoms with van der Waals surface area (Å²) in [4.78, 5) is 10.3. The van der Waals surface area contributed by atoms with Crippen molar-refractivity contribution in [2.24, 2.45) is 5.73 Å². The molecule has 0 bridgehead atoms. The topological polar surface area (TPSA) is 99.9 Å². The fourth-order valence-corrected chi connectivity index (χ4v) is 1.82. The van der Waals surface area contributed by atoms with E-state index in [1.165, 1.54) is 12.1 Å². The van der Waals surface area contributed by atoms with Gasteiger partial charge in [0.1, 0.15) is 0 Å². The summed E-state index contributed by atoms with van der Waals surface area (Å²) in [5.74, 6) is 0. The Morgan fingerprint density at radius 3 is 2.89 bits per heavy atom. The lowest BCUT2D eigenvalue weighted by atomic mass is 10.2. The van der Waals surface area contributed by atoms with Crippen molar-refractivity contribution < 1.29 is 4.92 Å². The molecule has 2 aromatic rings. The van der Waals surface area contributed by atoms with Crippen LogP contribution in [0.3, 0.4) is 0 Å². The molecule has 0 spiro atoms. The molecule has 1 aromatic carbocycles. The van der Waals surface area contributed by atoms with Gasteiger partial charge in [-0.1, -0.05) is 5.21 Å². The molecule has 7 heteroatoms. The van der Waals surface area contributed by atoms with E-state index in [9.17, 15) is 10.1 Å². The number of nitro benzene ring substituents is 1. The number of aryl methyl sites for hydroxylation is 2. The monoisotopic (exact) mass is 261 g/mol. The van der Waals surface area contributed by atoms with Gasteiger partial charge >= 0.3 is 0 Å². The number of aromatic nitrogens is 3. The number of hydrogen-bond acceptors (Lipinski definition) is 5. The third-order valence-corrected chi connectivity index (χ3v) is 2.82. The largest absolute Gasteiger partial charge is 0.330 e. The van der Waals surface area contributed by atoms with Crippen molar-refractivity contribution in [2.75, 3.05) is 6.54 Å². The van der Waals surface area contributed by atoms with Gasteiger partial charge in [0.25, 0.3) is 5.69 Å². The maximum absolute atomic E-state index is 10.7. The Morgan fingerprint density at radius 2 is 2.26 bits per heavy atom. The van der Waals surface area contributed by atoms with Gasteiger partial charge in [-0.25, -0.2) is 4.68 Å². The van der Waals surface area contributed by atoms with Crippen LogP contribution in [-0.4, -0.2) is 26.5 Å². The first-order valence-electron chi connectivity index (χ1n) is 5.98. The van der Waals surface area contributed by atoms with Gasteiger partial charge in [-0.05, 0) is 37.9 Å². The number of non-ortho nitro benzene ring substituents is 1. The minimum atomic E-state index is -0.412. The Morgan fingerprint density at radius 1 is 1.47 bits per heavy atom. The fraction of sp³-hybridized carbons (Fsp3) is 0.333. The molecule has 0 unspecified atom stereocenters. The zero-order chi connectivity index (χ0) is 13.8. The van der Waals surface area contributed by atoms with E-state index < -0.39 is 4.92 Å². The lowest BCUT2D eigenvalue weighted by Crippen LogP contribution is -2.00. The van der Waals surface area contributed by atoms with E-state index in [2.05, 4.69) is 10.3 Å². The van der Waals surface area contributed by atoms with Gasteiger partial charge in [-0.3, -0.25) is 10.1 Å². The number of nitro groups is 1. The molecule has 1 heterocycles. The van der Waals surface area contributed by atoms with Crippen LogP contribution < -0.4 is 5.73 Å². The smallest absolute Gasteiger partial charge is 0.269 e. The third kappa shape index (κ3) is 2.94. The Balaban J connectivity index is 2.26. The van der Waals surface area contributed by atoms with Crippen molar-refractivity contribution in [3.8, 4) is 5.69 Å². The summed E-state index contributed by atoms with van der Waals surface area (Å²) in [6, 6.07) is 4.66. The first kappa shape index (κ1) is 13.2. The first-order valence-corrected chi connectivity index (χ1v) is 5.98. The number of nitrogens with zero attached hydrogens (tertiary/aromatic N) is 4. The van der Waals surface area contributed by atoms with Gasteiger partial charge in [0, 0.05) is 12.1 Å². The summed E-state index contributed by atoms with van der Waals surface area (Å²) >= 11 is 0. The molecule has 2 rings (SSSR count). The van der Waals surface area contributed by atoms with E-state index in [1.807, 2.05) is 13.1 Å². The van der Waals surface area contributed by atoms with Gasteiger partial charge in [-0.2, -0.15) is 0 Å². The fourth-order valence-electron chi connectivity index (χ4n) is 1.82. The van der Waals surface area contributed by atoms with Crippen LogP contribution in [0.25, 0.3) is 5.69 Å². The molecule has 0 aliphatic heterocycles. The second-order valence-electron chi connectivity index (χ2n) is 4.27. The molecule has 19 heavy (non-hydrogen) atoms. The van der Waals surface area contributed by atoms with E-state index >= 15 is 0 Å². The zero-order valence-corrected chi connectivity index (χ0v) is 10.6. The van der Waals surface area contributed by atoms with Crippen LogP contribution >= 0.6 is 0 Å². The molecule has 0 fully saturated rings. The lowest BCUT2D eigenvalue weighted by molar-refractivity contribution is -0.384. The number of hydrogen-bond donors (Lipinski definition) is 1. The molecule has 0 saturated carbocycles. The van der Waals surface area contributed by atoms with E-state index in [4.69, 9.17) is 5.73 Å². The molecule has 1 aromatic heterocycles. The number of benzene rings is 1. The molecular formula is C12H15N5O2. The average Bonchev–Trinajstić information content (AvgIpc) is 2.84. The van der Waals surface area contributed by atoms with Crippen molar-refractivity contribution in [2.45, 2.75) is 19.8 Å². The Bertz CT molecular complexity index is 594. The Labute approximate surface area is 110 Å². The van der Waals surface area contributed by atoms with E-state index in [1.54, 1.807) is 10.7 Å². The molecule has 0 radical (unpaired) electrons. The third-order valence-electron chi connectivity index (χ3n) is 2.82. The molecule has 0 amide bonds. The zero-order valence-electron chi connectivity index (χ0n) is 10.6. The Hall–Kier alpha value is -2.28. The normalized spacial score (nSPS) is 10.6. The highest BCUT2D eigenvalue weighted by atomic mass is 16.6. The summed E-state index contributed by atoms with van der Waals surface area (Å²) in [6.07, 6.45) is 3.46. The van der Waals surface area contributed by atoms with Crippen LogP contribution in [0, 0.1) is 17.0 Å². The van der Waals surface area contributed by atoms with E-state index in [-0.39, 0.29) is 5.69 Å². The molecule has 100 valence electrons. The molecule has 0 aliphatic rings. The van der Waals surface area contributed by atoms with Crippen molar-refractivity contribution in [1.29, 1.82) is 0 Å². The lowest BCUT2D eigenvalue weighted by Gasteiger charge is -2.04. The highest BCUT2D eigenvalue weighted by Gasteiger charge is 2.10. The molecule has 0 aliphatic carbocycles. The summed E-state index contributed by atoms with van der Waals surface area (Å²) in [6.45, 7) is 2.42. The van der Waals surface area contributed by atoms with Crippen molar-refractivity contribution in [3.05, 3.63) is 45.8 Å². The summed E-state index contributed by atoms with van der Waals surface area (Å²) in [5.41, 5.74) is 7.95. The summed E-state index contributed by atoms with van der Waals surface area (Å²) < 4.78 is 1.63. The van der Waals surface area contributed by atoms with E-state index in [0.29, 0.717) is 6.54 Å². The maximum atomic E-state index is 10.7. The highest BCUT2D eigenvalue weighted by Crippen LogP contribution is 2.19. The van der Waals surface area contributed by atoms with Crippen molar-refractivity contribution in [1.82, 2.24) is 15.0 Å². The minimum absolute atomic E-state index is 0.0738. The van der Waals surface area contributed by atoms with Gasteiger partial charge in [-0.15, -0.1) is 5.10 Å². The van der Waals surface area contributed by atoms with Crippen LogP contribution in [0.2, 0.25) is 0 Å². The SMILES string of the molecule is Cc1cc([N+](=O)[O-])ccc1-n1cc(CCCN)nn1. The predicted octanol–water partition coefficient (Wildman–Crippen LogP) is 1.38. The molecular weight excluding hydrogens is 246 g/mol. The summed E-state index contributed by atoms with van der Waals surface area (Å²) in [7, 11) is 0. The first-order chi connectivity index (χ1) is 9.11. The second kappa shape index (κ2) is 5.57. The molecule has 7 nitrogen and oxygen atoms in total. The van der Waals surface area contributed by atoms with Crippen LogP contribution in [0.4, 0.5) is 5.69 Å². The predicted molar refractivity (Wildman–Crippen MR) is 70.1 cm³/mol. The van der Waals surface area contributed by atoms with Crippen LogP contribution in [-0.2, 0) is 6.42 Å². The van der Waals surface area contributed by atoms with Crippen LogP contribution in [0.1, 0.15) is 17.7 Å². The van der Waals surface area contributed by atoms with Crippen molar-refractivity contribution in [3.63, 3.8) is 0 Å². The maximum Gasteiger partial charge on any atom is 0.269 e. The van der Waals surface area contributed by atoms with E-state index in [0.717, 1.165) is 29.8 Å². The average molecular weight is 261 g/mol.